The van der Waals surface area contributed by atoms with Gasteiger partial charge < -0.3 is 5.73 Å². The summed E-state index contributed by atoms with van der Waals surface area (Å²) < 4.78 is 36.5. The van der Waals surface area contributed by atoms with Crippen molar-refractivity contribution in [2.24, 2.45) is 5.73 Å². The molecule has 0 saturated carbocycles. The minimum absolute atomic E-state index is 0.0363. The van der Waals surface area contributed by atoms with E-state index in [1.165, 1.54) is 0 Å². The topological polar surface area (TPSA) is 76.7 Å². The highest BCUT2D eigenvalue weighted by Gasteiger charge is 2.35. The lowest BCUT2D eigenvalue weighted by Crippen LogP contribution is -2.22. The number of nitrogens with zero attached hydrogens (tertiary/aromatic N) is 2. The van der Waals surface area contributed by atoms with Gasteiger partial charge in [-0.15, -0.1) is 5.10 Å². The maximum atomic E-state index is 11.9. The van der Waals surface area contributed by atoms with Gasteiger partial charge in [-0.05, 0) is 0 Å². The van der Waals surface area contributed by atoms with Gasteiger partial charge in [-0.3, -0.25) is 4.98 Å². The Hall–Kier alpha value is -1.31. The van der Waals surface area contributed by atoms with Crippen molar-refractivity contribution < 1.29 is 13.2 Å². The second-order valence-electron chi connectivity index (χ2n) is 2.29. The largest absolute Gasteiger partial charge is 0.451 e. The van der Waals surface area contributed by atoms with Crippen molar-refractivity contribution in [1.82, 2.24) is 14.8 Å². The highest BCUT2D eigenvalue weighted by atomic mass is 19.4. The zero-order chi connectivity index (χ0) is 10.1. The van der Waals surface area contributed by atoms with E-state index in [-0.39, 0.29) is 13.1 Å². The van der Waals surface area contributed by atoms with Crippen LogP contribution in [0.2, 0.25) is 0 Å². The Bertz CT molecular complexity index is 338. The summed E-state index contributed by atoms with van der Waals surface area (Å²) in [5, 5.41) is 3.01. The number of aromatic amines is 1. The lowest BCUT2D eigenvalue weighted by Gasteiger charge is -1.98. The van der Waals surface area contributed by atoms with Crippen LogP contribution in [0.5, 0.6) is 0 Å². The minimum Gasteiger partial charge on any atom is -0.329 e. The second-order valence-corrected chi connectivity index (χ2v) is 2.29. The van der Waals surface area contributed by atoms with Crippen molar-refractivity contribution in [3.05, 3.63) is 16.3 Å². The van der Waals surface area contributed by atoms with Gasteiger partial charge in [0, 0.05) is 6.54 Å². The zero-order valence-electron chi connectivity index (χ0n) is 6.43. The quantitative estimate of drug-likeness (QED) is 0.672. The smallest absolute Gasteiger partial charge is 0.329 e. The molecule has 0 amide bonds. The van der Waals surface area contributed by atoms with Crippen molar-refractivity contribution in [1.29, 1.82) is 0 Å². The molecule has 0 atom stereocenters. The Morgan fingerprint density at radius 2 is 2.15 bits per heavy atom. The number of hydrogen-bond donors (Lipinski definition) is 2. The molecule has 1 heterocycles. The Morgan fingerprint density at radius 1 is 1.54 bits per heavy atom. The average Bonchev–Trinajstić information content (AvgIpc) is 2.32. The van der Waals surface area contributed by atoms with Gasteiger partial charge in [-0.25, -0.2) is 9.48 Å². The molecule has 0 fully saturated rings. The first-order valence-corrected chi connectivity index (χ1v) is 3.39. The summed E-state index contributed by atoms with van der Waals surface area (Å²) in [5.41, 5.74) is 4.15. The maximum absolute atomic E-state index is 11.9. The fourth-order valence-electron chi connectivity index (χ4n) is 0.758. The van der Waals surface area contributed by atoms with Crippen LogP contribution in [0.1, 0.15) is 5.82 Å². The predicted octanol–water partition coefficient (Wildman–Crippen LogP) is -0.451. The molecular formula is C5H7F3N4O. The first kappa shape index (κ1) is 9.78. The molecule has 0 aliphatic carbocycles. The number of rotatable bonds is 2. The van der Waals surface area contributed by atoms with E-state index < -0.39 is 17.7 Å². The lowest BCUT2D eigenvalue weighted by molar-refractivity contribution is -0.145. The molecule has 1 rings (SSSR count). The monoisotopic (exact) mass is 196 g/mol. The van der Waals surface area contributed by atoms with E-state index in [0.29, 0.717) is 4.68 Å². The number of hydrogen-bond acceptors (Lipinski definition) is 3. The number of halogens is 3. The van der Waals surface area contributed by atoms with Crippen molar-refractivity contribution in [2.45, 2.75) is 12.7 Å². The van der Waals surface area contributed by atoms with Crippen LogP contribution >= 0.6 is 0 Å². The minimum atomic E-state index is -4.63. The lowest BCUT2D eigenvalue weighted by atomic mass is 10.6. The molecule has 0 unspecified atom stereocenters. The summed E-state index contributed by atoms with van der Waals surface area (Å²) >= 11 is 0. The van der Waals surface area contributed by atoms with Crippen molar-refractivity contribution in [3.63, 3.8) is 0 Å². The van der Waals surface area contributed by atoms with Gasteiger partial charge in [0.05, 0.1) is 6.54 Å². The van der Waals surface area contributed by atoms with E-state index in [1.807, 2.05) is 0 Å². The van der Waals surface area contributed by atoms with Crippen molar-refractivity contribution in [2.75, 3.05) is 6.54 Å². The molecule has 0 radical (unpaired) electrons. The van der Waals surface area contributed by atoms with Gasteiger partial charge in [0.2, 0.25) is 5.82 Å². The van der Waals surface area contributed by atoms with Gasteiger partial charge in [0.25, 0.3) is 0 Å². The van der Waals surface area contributed by atoms with E-state index in [9.17, 15) is 18.0 Å². The highest BCUT2D eigenvalue weighted by molar-refractivity contribution is 4.87. The van der Waals surface area contributed by atoms with Gasteiger partial charge in [-0.2, -0.15) is 13.2 Å². The molecule has 13 heavy (non-hydrogen) atoms. The Labute approximate surface area is 70.4 Å². The van der Waals surface area contributed by atoms with E-state index in [0.717, 1.165) is 0 Å². The maximum Gasteiger partial charge on any atom is 0.451 e. The van der Waals surface area contributed by atoms with Crippen LogP contribution in [0.25, 0.3) is 0 Å². The van der Waals surface area contributed by atoms with Crippen LogP contribution in [-0.2, 0) is 12.7 Å². The summed E-state index contributed by atoms with van der Waals surface area (Å²) in [6.45, 7) is 0.0213. The molecule has 1 aromatic rings. The molecule has 1 aromatic heterocycles. The molecule has 0 aliphatic heterocycles. The average molecular weight is 196 g/mol. The first-order chi connectivity index (χ1) is 5.95. The van der Waals surface area contributed by atoms with E-state index in [1.54, 1.807) is 4.98 Å². The third-order valence-electron chi connectivity index (χ3n) is 1.29. The normalized spacial score (nSPS) is 12.0. The number of H-pyrrole nitrogens is 1. The SMILES string of the molecule is NCCn1nc(C(F)(F)F)[nH]c1=O. The predicted molar refractivity (Wildman–Crippen MR) is 36.9 cm³/mol. The molecule has 5 nitrogen and oxygen atoms in total. The molecule has 3 N–H and O–H groups in total. The molecule has 8 heteroatoms. The Kier molecular flexibility index (Phi) is 2.41. The van der Waals surface area contributed by atoms with Crippen LogP contribution in [0.15, 0.2) is 4.79 Å². The number of nitrogens with two attached hydrogens (primary N) is 1. The van der Waals surface area contributed by atoms with Crippen molar-refractivity contribution in [3.8, 4) is 0 Å². The zero-order valence-corrected chi connectivity index (χ0v) is 6.43. The third kappa shape index (κ3) is 2.08. The first-order valence-electron chi connectivity index (χ1n) is 3.39. The number of nitrogens with one attached hydrogen (secondary N) is 1. The summed E-state index contributed by atoms with van der Waals surface area (Å²) in [4.78, 5) is 12.4. The van der Waals surface area contributed by atoms with Crippen LogP contribution in [-0.4, -0.2) is 21.3 Å². The summed E-state index contributed by atoms with van der Waals surface area (Å²) in [7, 11) is 0. The highest BCUT2D eigenvalue weighted by Crippen LogP contribution is 2.24. The van der Waals surface area contributed by atoms with Crippen LogP contribution in [0, 0.1) is 0 Å². The van der Waals surface area contributed by atoms with Gasteiger partial charge in [0.1, 0.15) is 0 Å². The fraction of sp³-hybridized carbons (Fsp3) is 0.600. The van der Waals surface area contributed by atoms with Crippen LogP contribution < -0.4 is 11.4 Å². The molecular weight excluding hydrogens is 189 g/mol. The van der Waals surface area contributed by atoms with E-state index >= 15 is 0 Å². The van der Waals surface area contributed by atoms with Crippen LogP contribution in [0.4, 0.5) is 13.2 Å². The molecule has 0 saturated heterocycles. The molecule has 0 aromatic carbocycles. The van der Waals surface area contributed by atoms with Crippen molar-refractivity contribution >= 4 is 0 Å². The number of aromatic nitrogens is 3. The Balaban J connectivity index is 3.02. The fourth-order valence-corrected chi connectivity index (χ4v) is 0.758. The summed E-state index contributed by atoms with van der Waals surface area (Å²) in [6, 6.07) is 0. The summed E-state index contributed by atoms with van der Waals surface area (Å²) in [6.07, 6.45) is -4.63. The van der Waals surface area contributed by atoms with E-state index in [4.69, 9.17) is 5.73 Å². The van der Waals surface area contributed by atoms with E-state index in [2.05, 4.69) is 5.10 Å². The second kappa shape index (κ2) is 3.21. The molecule has 0 spiro atoms. The van der Waals surface area contributed by atoms with Crippen LogP contribution in [0.3, 0.4) is 0 Å². The molecule has 0 bridgehead atoms. The van der Waals surface area contributed by atoms with Gasteiger partial charge in [0.15, 0.2) is 0 Å². The molecule has 74 valence electrons. The molecule has 0 aliphatic rings. The van der Waals surface area contributed by atoms with Gasteiger partial charge >= 0.3 is 11.9 Å². The van der Waals surface area contributed by atoms with Gasteiger partial charge in [-0.1, -0.05) is 0 Å². The number of alkyl halides is 3. The third-order valence-corrected chi connectivity index (χ3v) is 1.29. The standard InChI is InChI=1S/C5H7F3N4O/c6-5(7,8)3-10-4(13)12(11-3)2-1-9/h1-2,9H2,(H,10,11,13). The summed E-state index contributed by atoms with van der Waals surface area (Å²) in [5.74, 6) is -1.30. The Morgan fingerprint density at radius 3 is 2.54 bits per heavy atom.